The molecule has 1 aromatic carbocycles. The van der Waals surface area contributed by atoms with Gasteiger partial charge in [0.05, 0.1) is 7.11 Å². The zero-order valence-electron chi connectivity index (χ0n) is 14.4. The van der Waals surface area contributed by atoms with Crippen LogP contribution in [0.15, 0.2) is 29.4 Å². The van der Waals surface area contributed by atoms with Crippen LogP contribution >= 0.6 is 11.8 Å². The van der Waals surface area contributed by atoms with Crippen molar-refractivity contribution in [1.29, 1.82) is 0 Å². The molecular weight excluding hydrogens is 326 g/mol. The third-order valence-corrected chi connectivity index (χ3v) is 4.21. The third-order valence-electron chi connectivity index (χ3n) is 3.27. The van der Waals surface area contributed by atoms with Crippen LogP contribution in [0.25, 0.3) is 0 Å². The van der Waals surface area contributed by atoms with Gasteiger partial charge in [0.1, 0.15) is 5.75 Å². The number of hydrogen-bond donors (Lipinski definition) is 2. The predicted octanol–water partition coefficient (Wildman–Crippen LogP) is 2.42. The van der Waals surface area contributed by atoms with Gasteiger partial charge in [0.2, 0.25) is 11.1 Å². The highest BCUT2D eigenvalue weighted by molar-refractivity contribution is 7.99. The number of thioether (sulfide) groups is 1. The van der Waals surface area contributed by atoms with Crippen LogP contribution in [0.3, 0.4) is 0 Å². The Balaban J connectivity index is 1.83. The molecule has 0 radical (unpaired) electrons. The predicted molar refractivity (Wildman–Crippen MR) is 95.8 cm³/mol. The number of rotatable bonds is 6. The van der Waals surface area contributed by atoms with Crippen molar-refractivity contribution < 1.29 is 9.53 Å². The van der Waals surface area contributed by atoms with E-state index in [1.54, 1.807) is 31.4 Å². The van der Waals surface area contributed by atoms with Gasteiger partial charge in [0, 0.05) is 23.3 Å². The van der Waals surface area contributed by atoms with Gasteiger partial charge in [0.25, 0.3) is 0 Å². The summed E-state index contributed by atoms with van der Waals surface area (Å²) in [5.41, 5.74) is 0.564. The first-order valence-corrected chi connectivity index (χ1v) is 8.57. The molecule has 0 aliphatic carbocycles. The van der Waals surface area contributed by atoms with Gasteiger partial charge >= 0.3 is 0 Å². The lowest BCUT2D eigenvalue weighted by molar-refractivity contribution is -0.115. The van der Waals surface area contributed by atoms with Gasteiger partial charge < -0.3 is 15.9 Å². The van der Waals surface area contributed by atoms with E-state index in [0.29, 0.717) is 23.2 Å². The Kier molecular flexibility index (Phi) is 5.71. The van der Waals surface area contributed by atoms with Crippen molar-refractivity contribution in [2.24, 2.45) is 0 Å². The molecule has 0 saturated heterocycles. The number of amides is 1. The first-order chi connectivity index (χ1) is 11.3. The molecule has 3 N–H and O–H groups in total. The molecule has 2 rings (SSSR count). The fourth-order valence-electron chi connectivity index (χ4n) is 2.02. The molecule has 2 aromatic rings. The minimum Gasteiger partial charge on any atom is -0.497 e. The number of nitrogens with one attached hydrogen (secondary N) is 1. The van der Waals surface area contributed by atoms with E-state index in [2.05, 4.69) is 15.5 Å². The summed E-state index contributed by atoms with van der Waals surface area (Å²) in [6.07, 6.45) is 0.356. The van der Waals surface area contributed by atoms with Crippen LogP contribution in [0.5, 0.6) is 5.75 Å². The highest BCUT2D eigenvalue weighted by atomic mass is 32.2. The molecule has 8 heteroatoms. The molecule has 130 valence electrons. The lowest BCUT2D eigenvalue weighted by atomic mass is 9.96. The quantitative estimate of drug-likeness (QED) is 0.614. The summed E-state index contributed by atoms with van der Waals surface area (Å²) >= 11 is 1.41. The first kappa shape index (κ1) is 18.1. The van der Waals surface area contributed by atoms with E-state index in [9.17, 15) is 4.79 Å². The molecule has 1 aromatic heterocycles. The van der Waals surface area contributed by atoms with Gasteiger partial charge in [-0.15, -0.1) is 10.2 Å². The zero-order valence-corrected chi connectivity index (χ0v) is 15.2. The lowest BCUT2D eigenvalue weighted by Crippen LogP contribution is -2.24. The fourth-order valence-corrected chi connectivity index (χ4v) is 2.81. The maximum absolute atomic E-state index is 12.0. The van der Waals surface area contributed by atoms with E-state index in [1.807, 2.05) is 20.8 Å². The summed E-state index contributed by atoms with van der Waals surface area (Å²) in [7, 11) is 1.60. The van der Waals surface area contributed by atoms with Crippen LogP contribution in [0, 0.1) is 0 Å². The number of nitrogens with two attached hydrogens (primary N) is 1. The van der Waals surface area contributed by atoms with Crippen LogP contribution in [0.4, 0.5) is 5.69 Å². The Morgan fingerprint density at radius 1 is 1.29 bits per heavy atom. The second-order valence-electron chi connectivity index (χ2n) is 6.30. The molecule has 7 nitrogen and oxygen atoms in total. The number of nitrogens with zero attached hydrogens (tertiary/aromatic N) is 3. The molecule has 0 bridgehead atoms. The minimum absolute atomic E-state index is 0.0631. The molecule has 0 aliphatic heterocycles. The van der Waals surface area contributed by atoms with Gasteiger partial charge in [-0.05, 0) is 24.3 Å². The van der Waals surface area contributed by atoms with Crippen LogP contribution in [0.1, 0.15) is 33.0 Å². The molecule has 1 amide bonds. The summed E-state index contributed by atoms with van der Waals surface area (Å²) < 4.78 is 6.57. The van der Waals surface area contributed by atoms with Crippen LogP contribution in [-0.4, -0.2) is 33.6 Å². The SMILES string of the molecule is COc1ccc(NC(=O)CCSc2nnc(C(C)(C)C)n2N)cc1. The van der Waals surface area contributed by atoms with Crippen molar-refractivity contribution in [2.45, 2.75) is 37.8 Å². The summed E-state index contributed by atoms with van der Waals surface area (Å²) in [6, 6.07) is 7.20. The summed E-state index contributed by atoms with van der Waals surface area (Å²) in [5, 5.41) is 11.7. The Bertz CT molecular complexity index is 691. The number of nitrogen functional groups attached to an aromatic ring is 1. The summed E-state index contributed by atoms with van der Waals surface area (Å²) in [6.45, 7) is 6.07. The van der Waals surface area contributed by atoms with Gasteiger partial charge in [-0.1, -0.05) is 32.5 Å². The lowest BCUT2D eigenvalue weighted by Gasteiger charge is -2.16. The molecule has 1 heterocycles. The highest BCUT2D eigenvalue weighted by Crippen LogP contribution is 2.23. The number of anilines is 1. The van der Waals surface area contributed by atoms with Gasteiger partial charge in [-0.3, -0.25) is 4.79 Å². The Morgan fingerprint density at radius 3 is 2.50 bits per heavy atom. The molecule has 0 saturated carbocycles. The third kappa shape index (κ3) is 4.64. The van der Waals surface area contributed by atoms with E-state index >= 15 is 0 Å². The van der Waals surface area contributed by atoms with Crippen molar-refractivity contribution in [2.75, 3.05) is 24.0 Å². The average molecular weight is 349 g/mol. The van der Waals surface area contributed by atoms with E-state index in [0.717, 1.165) is 11.4 Å². The van der Waals surface area contributed by atoms with Gasteiger partial charge in [0.15, 0.2) is 5.82 Å². The van der Waals surface area contributed by atoms with Gasteiger partial charge in [-0.2, -0.15) is 0 Å². The van der Waals surface area contributed by atoms with Crippen molar-refractivity contribution in [3.8, 4) is 5.75 Å². The van der Waals surface area contributed by atoms with Crippen molar-refractivity contribution >= 4 is 23.4 Å². The second kappa shape index (κ2) is 7.57. The van der Waals surface area contributed by atoms with E-state index in [4.69, 9.17) is 10.6 Å². The number of aromatic nitrogens is 3. The molecule has 0 spiro atoms. The fraction of sp³-hybridized carbons (Fsp3) is 0.438. The molecule has 24 heavy (non-hydrogen) atoms. The van der Waals surface area contributed by atoms with Gasteiger partial charge in [-0.25, -0.2) is 4.68 Å². The number of ether oxygens (including phenoxy) is 1. The summed E-state index contributed by atoms with van der Waals surface area (Å²) in [5.74, 6) is 7.99. The number of methoxy groups -OCH3 is 1. The van der Waals surface area contributed by atoms with Crippen LogP contribution in [-0.2, 0) is 10.2 Å². The smallest absolute Gasteiger partial charge is 0.225 e. The topological polar surface area (TPSA) is 95.1 Å². The molecule has 0 atom stereocenters. The largest absolute Gasteiger partial charge is 0.497 e. The Labute approximate surface area is 145 Å². The van der Waals surface area contributed by atoms with Crippen molar-refractivity contribution in [1.82, 2.24) is 14.9 Å². The number of benzene rings is 1. The first-order valence-electron chi connectivity index (χ1n) is 7.59. The molecule has 0 unspecified atom stereocenters. The maximum Gasteiger partial charge on any atom is 0.225 e. The van der Waals surface area contributed by atoms with E-state index in [1.165, 1.54) is 16.4 Å². The normalized spacial score (nSPS) is 11.3. The minimum atomic E-state index is -0.174. The summed E-state index contributed by atoms with van der Waals surface area (Å²) in [4.78, 5) is 12.0. The van der Waals surface area contributed by atoms with Crippen LogP contribution < -0.4 is 15.9 Å². The number of hydrogen-bond acceptors (Lipinski definition) is 6. The van der Waals surface area contributed by atoms with E-state index < -0.39 is 0 Å². The molecule has 0 fully saturated rings. The average Bonchev–Trinajstić information content (AvgIpc) is 2.89. The zero-order chi connectivity index (χ0) is 17.7. The number of carbonyl (C=O) groups excluding carboxylic acids is 1. The number of carbonyl (C=O) groups is 1. The van der Waals surface area contributed by atoms with Crippen LogP contribution in [0.2, 0.25) is 0 Å². The monoisotopic (exact) mass is 349 g/mol. The standard InChI is InChI=1S/C16H23N5O2S/c1-16(2,3)14-19-20-15(21(14)17)24-10-9-13(22)18-11-5-7-12(23-4)8-6-11/h5-8H,9-10,17H2,1-4H3,(H,18,22). The van der Waals surface area contributed by atoms with E-state index in [-0.39, 0.29) is 11.3 Å². The second-order valence-corrected chi connectivity index (χ2v) is 7.36. The maximum atomic E-state index is 12.0. The van der Waals surface area contributed by atoms with Crippen molar-refractivity contribution in [3.05, 3.63) is 30.1 Å². The molecular formula is C16H23N5O2S. The Hall–Kier alpha value is -2.22. The Morgan fingerprint density at radius 2 is 1.96 bits per heavy atom. The van der Waals surface area contributed by atoms with Crippen molar-refractivity contribution in [3.63, 3.8) is 0 Å². The molecule has 0 aliphatic rings. The highest BCUT2D eigenvalue weighted by Gasteiger charge is 2.22.